The van der Waals surface area contributed by atoms with Crippen molar-refractivity contribution in [1.82, 2.24) is 0 Å². The first-order chi connectivity index (χ1) is 35.9. The average molecular weight is 1120 g/mol. The molecule has 75 heavy (non-hydrogen) atoms. The number of aliphatic hydroxyl groups excluding tert-OH is 1. The minimum atomic E-state index is -4.93. The number of esters is 4. The molecule has 0 amide bonds. The maximum absolute atomic E-state index is 12.9. The fourth-order valence-corrected chi connectivity index (χ4v) is 9.66. The Labute approximate surface area is 454 Å². The van der Waals surface area contributed by atoms with Crippen LogP contribution in [0.5, 0.6) is 0 Å². The molecule has 0 saturated carbocycles. The Balaban J connectivity index is 5.21. The Morgan fingerprint density at radius 2 is 0.680 bits per heavy atom. The van der Waals surface area contributed by atoms with Crippen LogP contribution in [-0.2, 0) is 65.4 Å². The minimum absolute atomic E-state index is 0.103. The second-order valence-electron chi connectivity index (χ2n) is 21.0. The lowest BCUT2D eigenvalue weighted by atomic mass is 9.99. The first kappa shape index (κ1) is 73.1. The van der Waals surface area contributed by atoms with E-state index in [9.17, 15) is 43.2 Å². The van der Waals surface area contributed by atoms with Gasteiger partial charge in [-0.15, -0.1) is 0 Å². The van der Waals surface area contributed by atoms with Crippen molar-refractivity contribution in [3.63, 3.8) is 0 Å². The van der Waals surface area contributed by atoms with Gasteiger partial charge in [0.15, 0.2) is 12.2 Å². The Hall–Kier alpha value is -1.94. The van der Waals surface area contributed by atoms with E-state index in [1.807, 2.05) is 0 Å². The highest BCUT2D eigenvalue weighted by atomic mass is 31.2. The zero-order valence-corrected chi connectivity index (χ0v) is 49.6. The van der Waals surface area contributed by atoms with Crippen LogP contribution in [0.15, 0.2) is 0 Å². The van der Waals surface area contributed by atoms with Crippen LogP contribution in [0, 0.1) is 11.8 Å². The summed E-state index contributed by atoms with van der Waals surface area (Å²) >= 11 is 0. The molecule has 3 N–H and O–H groups in total. The second-order valence-corrected chi connectivity index (χ2v) is 23.9. The number of phosphoric ester groups is 2. The monoisotopic (exact) mass is 1110 g/mol. The van der Waals surface area contributed by atoms with Crippen molar-refractivity contribution >= 4 is 39.5 Å². The molecule has 0 radical (unpaired) electrons. The predicted molar refractivity (Wildman–Crippen MR) is 294 cm³/mol. The largest absolute Gasteiger partial charge is 0.472 e. The number of unbranched alkanes of at least 4 members (excludes halogenated alkanes) is 24. The molecule has 0 spiro atoms. The third-order valence-electron chi connectivity index (χ3n) is 13.1. The molecule has 0 heterocycles. The molecule has 444 valence electrons. The maximum Gasteiger partial charge on any atom is 0.472 e. The highest BCUT2D eigenvalue weighted by Crippen LogP contribution is 2.45. The molecule has 0 aromatic rings. The first-order valence-electron chi connectivity index (χ1n) is 29.5. The molecule has 0 rings (SSSR count). The van der Waals surface area contributed by atoms with Gasteiger partial charge in [-0.2, -0.15) is 0 Å². The number of carbonyl (C=O) groups is 4. The number of hydrogen-bond acceptors (Lipinski definition) is 15. The Kier molecular flexibility index (Phi) is 47.9. The van der Waals surface area contributed by atoms with Crippen molar-refractivity contribution < 1.29 is 80.2 Å². The molecule has 0 saturated heterocycles. The Morgan fingerprint density at radius 1 is 0.387 bits per heavy atom. The zero-order chi connectivity index (χ0) is 55.8. The summed E-state index contributed by atoms with van der Waals surface area (Å²) in [5.74, 6) is -0.708. The van der Waals surface area contributed by atoms with Crippen LogP contribution in [0.1, 0.15) is 266 Å². The van der Waals surface area contributed by atoms with Crippen LogP contribution < -0.4 is 0 Å². The molecule has 0 aromatic carbocycles. The smallest absolute Gasteiger partial charge is 0.462 e. The third-order valence-corrected chi connectivity index (χ3v) is 15.0. The topological polar surface area (TPSA) is 237 Å². The molecule has 0 fully saturated rings. The van der Waals surface area contributed by atoms with E-state index in [0.717, 1.165) is 128 Å². The fourth-order valence-electron chi connectivity index (χ4n) is 8.08. The van der Waals surface area contributed by atoms with E-state index in [2.05, 4.69) is 41.5 Å². The van der Waals surface area contributed by atoms with Gasteiger partial charge in [-0.3, -0.25) is 37.3 Å². The van der Waals surface area contributed by atoms with Crippen molar-refractivity contribution in [1.29, 1.82) is 0 Å². The predicted octanol–water partition coefficient (Wildman–Crippen LogP) is 14.5. The van der Waals surface area contributed by atoms with Crippen LogP contribution in [0.25, 0.3) is 0 Å². The summed E-state index contributed by atoms with van der Waals surface area (Å²) in [6.07, 6.45) is 28.3. The molecule has 0 aromatic heterocycles. The van der Waals surface area contributed by atoms with Crippen molar-refractivity contribution in [2.75, 3.05) is 39.6 Å². The third kappa shape index (κ3) is 50.1. The van der Waals surface area contributed by atoms with Gasteiger partial charge >= 0.3 is 39.5 Å². The van der Waals surface area contributed by atoms with Gasteiger partial charge in [-0.1, -0.05) is 215 Å². The molecule has 6 atom stereocenters. The highest BCUT2D eigenvalue weighted by molar-refractivity contribution is 7.47. The summed E-state index contributed by atoms with van der Waals surface area (Å²) in [6.45, 7) is 9.25. The first-order valence-corrected chi connectivity index (χ1v) is 32.5. The van der Waals surface area contributed by atoms with Gasteiger partial charge in [-0.25, -0.2) is 9.13 Å². The van der Waals surface area contributed by atoms with Crippen molar-refractivity contribution in [2.45, 2.75) is 285 Å². The molecule has 0 aliphatic rings. The van der Waals surface area contributed by atoms with Crippen molar-refractivity contribution in [2.24, 2.45) is 11.8 Å². The maximum atomic E-state index is 12.9. The van der Waals surface area contributed by atoms with Gasteiger partial charge in [-0.05, 0) is 37.5 Å². The number of carbonyl (C=O) groups excluding carboxylic acids is 4. The van der Waals surface area contributed by atoms with Gasteiger partial charge in [0.1, 0.15) is 19.3 Å². The molecular weight excluding hydrogens is 1010 g/mol. The van der Waals surface area contributed by atoms with Crippen molar-refractivity contribution in [3.05, 3.63) is 0 Å². The lowest BCUT2D eigenvalue weighted by Crippen LogP contribution is -2.30. The quantitative estimate of drug-likeness (QED) is 0.0222. The molecular formula is C56H108O17P2. The summed E-state index contributed by atoms with van der Waals surface area (Å²) in [5.41, 5.74) is 0. The second kappa shape index (κ2) is 49.1. The summed E-state index contributed by atoms with van der Waals surface area (Å²) in [4.78, 5) is 71.5. The number of rotatable bonds is 55. The van der Waals surface area contributed by atoms with E-state index in [1.54, 1.807) is 0 Å². The van der Waals surface area contributed by atoms with E-state index >= 15 is 0 Å². The van der Waals surface area contributed by atoms with Crippen molar-refractivity contribution in [3.8, 4) is 0 Å². The van der Waals surface area contributed by atoms with Gasteiger partial charge in [0.25, 0.3) is 0 Å². The lowest BCUT2D eigenvalue weighted by Gasteiger charge is -2.21. The van der Waals surface area contributed by atoms with Gasteiger partial charge < -0.3 is 33.8 Å². The Morgan fingerprint density at radius 3 is 1.01 bits per heavy atom. The summed E-state index contributed by atoms with van der Waals surface area (Å²) in [5, 5.41) is 10.5. The van der Waals surface area contributed by atoms with E-state index in [-0.39, 0.29) is 25.7 Å². The van der Waals surface area contributed by atoms with Crippen LogP contribution in [0.3, 0.4) is 0 Å². The fraction of sp³-hybridized carbons (Fsp3) is 0.929. The highest BCUT2D eigenvalue weighted by Gasteiger charge is 2.30. The Bertz CT molecular complexity index is 1500. The van der Waals surface area contributed by atoms with Crippen LogP contribution in [0.2, 0.25) is 0 Å². The van der Waals surface area contributed by atoms with Crippen LogP contribution >= 0.6 is 15.6 Å². The van der Waals surface area contributed by atoms with E-state index in [4.69, 9.17) is 37.0 Å². The number of aliphatic hydroxyl groups is 1. The zero-order valence-electron chi connectivity index (χ0n) is 47.8. The van der Waals surface area contributed by atoms with E-state index < -0.39 is 97.5 Å². The SMILES string of the molecule is CCCCCCCCCC(=O)OC[C@H](COP(=O)(O)OC[C@H](O)COP(=O)(O)OC[C@@H](COC(=O)CCCCCCCCC(C)C)OC(=O)CCCCCCCCCCC(C)CC)OC(=O)CCCCCCCCC. The molecule has 19 heteroatoms. The lowest BCUT2D eigenvalue weighted by molar-refractivity contribution is -0.161. The molecule has 0 bridgehead atoms. The number of ether oxygens (including phenoxy) is 4. The summed E-state index contributed by atoms with van der Waals surface area (Å²) in [6, 6.07) is 0. The minimum Gasteiger partial charge on any atom is -0.462 e. The van der Waals surface area contributed by atoms with Gasteiger partial charge in [0.2, 0.25) is 0 Å². The number of phosphoric acid groups is 2. The molecule has 17 nitrogen and oxygen atoms in total. The molecule has 0 aliphatic carbocycles. The van der Waals surface area contributed by atoms with E-state index in [1.165, 1.54) is 51.4 Å². The van der Waals surface area contributed by atoms with Gasteiger partial charge in [0.05, 0.1) is 26.4 Å². The summed E-state index contributed by atoms with van der Waals surface area (Å²) < 4.78 is 67.4. The molecule has 0 aliphatic heterocycles. The average Bonchev–Trinajstić information content (AvgIpc) is 3.37. The van der Waals surface area contributed by atoms with E-state index in [0.29, 0.717) is 31.6 Å². The normalized spacial score (nSPS) is 14.9. The van der Waals surface area contributed by atoms with Gasteiger partial charge in [0, 0.05) is 25.7 Å². The standard InChI is InChI=1S/C56H108O17P2/c1-7-10-12-14-18-26-32-38-53(58)66-44-51(72-55(60)40-34-28-19-15-13-11-8-2)46-70-74(62,63)68-42-50(57)43-69-75(64,65)71-47-52(45-67-54(59)39-33-27-23-22-24-30-36-48(4)5)73-56(61)41-35-29-21-17-16-20-25-31-37-49(6)9-3/h48-52,57H,7-47H2,1-6H3,(H,62,63)(H,64,65)/t49?,50-,51+,52+/m0/s1. The van der Waals surface area contributed by atoms with Crippen LogP contribution in [0.4, 0.5) is 0 Å². The summed E-state index contributed by atoms with van der Waals surface area (Å²) in [7, 11) is -9.86. The molecule has 3 unspecified atom stereocenters. The van der Waals surface area contributed by atoms with Crippen LogP contribution in [-0.4, -0.2) is 96.7 Å². The number of hydrogen-bond donors (Lipinski definition) is 3.